The fourth-order valence-corrected chi connectivity index (χ4v) is 14.0. The van der Waals surface area contributed by atoms with E-state index in [0.29, 0.717) is 66.6 Å². The van der Waals surface area contributed by atoms with Crippen molar-refractivity contribution in [2.24, 2.45) is 5.16 Å². The SMILES string of the molecule is C=CCO/N=C(\C)c1cc(C(=O)N[C@@H](Cc2cc(F)cc(F)c2)[C@H](O)CNCc2cccc(OC)c2)cc(N2CCCCS2(=O)=O)c1.COc1cccc(CN(C[C@@H](O)[C@H](Cc2cc(F)cc(F)c2)NC(=O)c2cc(C(C)=O)cc(N3CCCCS3(=O)=O)c2)C(=O)OC(C)(C)C)c1. The molecule has 0 bridgehead atoms. The first-order valence-corrected chi connectivity index (χ1v) is 34.6. The minimum absolute atomic E-state index is 0.0184. The van der Waals surface area contributed by atoms with Gasteiger partial charge in [0.25, 0.3) is 11.8 Å². The molecule has 2 heterocycles. The molecule has 522 valence electrons. The third-order valence-corrected chi connectivity index (χ3v) is 19.3. The summed E-state index contributed by atoms with van der Waals surface area (Å²) in [5.74, 6) is -4.02. The van der Waals surface area contributed by atoms with Gasteiger partial charge in [-0.1, -0.05) is 42.1 Å². The van der Waals surface area contributed by atoms with Crippen molar-refractivity contribution in [3.8, 4) is 11.5 Å². The van der Waals surface area contributed by atoms with E-state index in [-0.39, 0.29) is 103 Å². The molecule has 2 fully saturated rings. The number of carbonyl (C=O) groups is 4. The van der Waals surface area contributed by atoms with Gasteiger partial charge in [-0.05, 0) is 180 Å². The minimum Gasteiger partial charge on any atom is -0.497 e. The lowest BCUT2D eigenvalue weighted by molar-refractivity contribution is 0.00834. The number of sulfonamides is 2. The molecule has 2 aliphatic rings. The Bertz CT molecular complexity index is 4000. The number of aliphatic hydroxyl groups is 2. The van der Waals surface area contributed by atoms with E-state index < -0.39 is 96.9 Å². The van der Waals surface area contributed by atoms with Gasteiger partial charge in [0.15, 0.2) is 5.78 Å². The maximum Gasteiger partial charge on any atom is 0.410 e. The number of nitrogens with one attached hydrogen (secondary N) is 3. The Kier molecular flexibility index (Phi) is 26.7. The number of aliphatic hydroxyl groups excluding tert-OH is 2. The van der Waals surface area contributed by atoms with Crippen LogP contribution in [0.4, 0.5) is 33.7 Å². The van der Waals surface area contributed by atoms with E-state index in [2.05, 4.69) is 27.7 Å². The van der Waals surface area contributed by atoms with Gasteiger partial charge in [0.1, 0.15) is 47.0 Å². The molecule has 8 rings (SSSR count). The van der Waals surface area contributed by atoms with Crippen LogP contribution in [-0.2, 0) is 55.6 Å². The molecule has 6 aromatic rings. The van der Waals surface area contributed by atoms with Gasteiger partial charge in [0.05, 0.1) is 73.6 Å². The van der Waals surface area contributed by atoms with Crippen molar-refractivity contribution in [2.75, 3.05) is 67.1 Å². The van der Waals surface area contributed by atoms with Gasteiger partial charge >= 0.3 is 6.09 Å². The average Bonchev–Trinajstić information content (AvgIpc) is 0.798. The van der Waals surface area contributed by atoms with Crippen LogP contribution in [0.3, 0.4) is 0 Å². The number of benzene rings is 6. The standard InChI is InChI=1S/C36H43F2N3O8S.C34H40F2N4O6S/c1-23(42)26-17-27(19-30(18-26)41-11-6-7-12-50(41,46)47)34(44)39-32(16-25-13-28(37)20-29(38)14-25)33(43)22-40(35(45)49-36(2,3)4)21-24-9-8-10-31(15-24)48-5;1-4-11-46-39-23(2)26-17-27(19-30(18-26)40-10-5-6-12-47(40,43)44)34(42)38-32(16-25-13-28(35)20-29(36)14-25)33(41)22-37-21-24-8-7-9-31(15-24)45-3/h8-10,13-15,17-20,32-33,43H,6-7,11-12,16,21-22H2,1-5H3,(H,39,44);4,7-9,13-15,17-20,32-33,37,41H,1,5-6,10-12,16,21-22H2,2-3H3,(H,38,42)/b;39-23+/t2*32-,33+/m00/s1. The van der Waals surface area contributed by atoms with Crippen molar-refractivity contribution in [2.45, 2.75) is 116 Å². The van der Waals surface area contributed by atoms with Crippen molar-refractivity contribution in [1.82, 2.24) is 20.9 Å². The van der Waals surface area contributed by atoms with E-state index in [9.17, 15) is 63.8 Å². The molecule has 4 atom stereocenters. The number of ether oxygens (including phenoxy) is 3. The van der Waals surface area contributed by atoms with Crippen LogP contribution in [0.15, 0.2) is 139 Å². The van der Waals surface area contributed by atoms with Crippen LogP contribution >= 0.6 is 0 Å². The molecule has 0 aliphatic carbocycles. The van der Waals surface area contributed by atoms with Crippen molar-refractivity contribution < 1.29 is 82.8 Å². The molecule has 0 saturated carbocycles. The highest BCUT2D eigenvalue weighted by Crippen LogP contribution is 2.30. The van der Waals surface area contributed by atoms with Gasteiger partial charge in [-0.25, -0.2) is 39.2 Å². The third-order valence-electron chi connectivity index (χ3n) is 15.6. The van der Waals surface area contributed by atoms with Gasteiger partial charge in [0, 0.05) is 67.1 Å². The van der Waals surface area contributed by atoms with Crippen LogP contribution < -0.4 is 34.0 Å². The smallest absolute Gasteiger partial charge is 0.410 e. The van der Waals surface area contributed by atoms with E-state index in [4.69, 9.17) is 19.0 Å². The molecule has 0 unspecified atom stereocenters. The normalized spacial score (nSPS) is 15.7. The van der Waals surface area contributed by atoms with E-state index in [0.717, 1.165) is 35.9 Å². The summed E-state index contributed by atoms with van der Waals surface area (Å²) in [4.78, 5) is 60.0. The Labute approximate surface area is 563 Å². The number of ketones is 1. The van der Waals surface area contributed by atoms with Crippen molar-refractivity contribution >= 4 is 60.8 Å². The highest BCUT2D eigenvalue weighted by Gasteiger charge is 2.33. The van der Waals surface area contributed by atoms with Crippen LogP contribution in [0.2, 0.25) is 0 Å². The number of hydrogen-bond acceptors (Lipinski definition) is 16. The number of carbonyl (C=O) groups excluding carboxylic acids is 4. The first-order chi connectivity index (χ1) is 45.9. The zero-order chi connectivity index (χ0) is 70.8. The van der Waals surface area contributed by atoms with Gasteiger partial charge in [0.2, 0.25) is 20.0 Å². The van der Waals surface area contributed by atoms with Crippen LogP contribution in [0, 0.1) is 23.3 Å². The molecule has 0 aromatic heterocycles. The third kappa shape index (κ3) is 22.6. The van der Waals surface area contributed by atoms with Crippen LogP contribution in [-0.4, -0.2) is 150 Å². The second-order valence-electron chi connectivity index (χ2n) is 24.5. The van der Waals surface area contributed by atoms with Gasteiger partial charge in [-0.15, -0.1) is 0 Å². The molecular weight excluding hydrogens is 1300 g/mol. The molecule has 5 N–H and O–H groups in total. The van der Waals surface area contributed by atoms with E-state index in [1.807, 2.05) is 24.3 Å². The summed E-state index contributed by atoms with van der Waals surface area (Å²) >= 11 is 0. The first-order valence-electron chi connectivity index (χ1n) is 31.3. The summed E-state index contributed by atoms with van der Waals surface area (Å²) in [5, 5.41) is 35.6. The molecule has 97 heavy (non-hydrogen) atoms. The zero-order valence-corrected chi connectivity index (χ0v) is 56.8. The van der Waals surface area contributed by atoms with Crippen LogP contribution in [0.25, 0.3) is 0 Å². The number of halogens is 4. The Morgan fingerprint density at radius 3 is 1.57 bits per heavy atom. The number of nitrogens with zero attached hydrogens (tertiary/aromatic N) is 4. The maximum absolute atomic E-state index is 14.2. The van der Waals surface area contributed by atoms with Crippen molar-refractivity contribution in [3.63, 3.8) is 0 Å². The number of methoxy groups -OCH3 is 2. The van der Waals surface area contributed by atoms with Crippen molar-refractivity contribution in [1.29, 1.82) is 0 Å². The Morgan fingerprint density at radius 2 is 1.09 bits per heavy atom. The number of oxime groups is 1. The van der Waals surface area contributed by atoms with Gasteiger partial charge < -0.3 is 50.1 Å². The summed E-state index contributed by atoms with van der Waals surface area (Å²) in [5.41, 5.74) is 2.39. The molecular formula is C70H83F4N7O14S2. The first kappa shape index (κ1) is 75.5. The summed E-state index contributed by atoms with van der Waals surface area (Å²) in [6, 6.07) is 26.6. The fraction of sp³-hybridized carbons (Fsp3) is 0.386. The second-order valence-corrected chi connectivity index (χ2v) is 28.5. The molecule has 3 amide bonds. The lowest BCUT2D eigenvalue weighted by atomic mass is 9.99. The number of rotatable bonds is 27. The predicted molar refractivity (Wildman–Crippen MR) is 361 cm³/mol. The quantitative estimate of drug-likeness (QED) is 0.00802. The highest BCUT2D eigenvalue weighted by molar-refractivity contribution is 7.93. The predicted octanol–water partition coefficient (Wildman–Crippen LogP) is 9.57. The summed E-state index contributed by atoms with van der Waals surface area (Å²) in [6.07, 6.45) is -0.0253. The van der Waals surface area contributed by atoms with E-state index >= 15 is 0 Å². The molecule has 21 nitrogen and oxygen atoms in total. The Balaban J connectivity index is 0.000000274. The van der Waals surface area contributed by atoms with Crippen LogP contribution in [0.1, 0.15) is 119 Å². The Morgan fingerprint density at radius 1 is 0.629 bits per heavy atom. The molecule has 2 aliphatic heterocycles. The molecule has 27 heteroatoms. The maximum atomic E-state index is 14.2. The molecule has 0 radical (unpaired) electrons. The second kappa shape index (κ2) is 34.4. The summed E-state index contributed by atoms with van der Waals surface area (Å²) in [7, 11) is -4.24. The monoisotopic (exact) mass is 1390 g/mol. The number of anilines is 2. The lowest BCUT2D eigenvalue weighted by Crippen LogP contribution is -2.51. The lowest BCUT2D eigenvalue weighted by Gasteiger charge is -2.32. The van der Waals surface area contributed by atoms with Gasteiger partial charge in [-0.3, -0.25) is 23.0 Å². The topological polar surface area (TPSA) is 272 Å². The zero-order valence-electron chi connectivity index (χ0n) is 55.2. The molecule has 0 spiro atoms. The largest absolute Gasteiger partial charge is 0.497 e. The number of amides is 3. The fourth-order valence-electron chi connectivity index (χ4n) is 10.8. The molecule has 6 aromatic carbocycles. The van der Waals surface area contributed by atoms with Gasteiger partial charge in [-0.2, -0.15) is 0 Å². The summed E-state index contributed by atoms with van der Waals surface area (Å²) in [6.45, 7) is 12.2. The highest BCUT2D eigenvalue weighted by atomic mass is 32.2. The minimum atomic E-state index is -3.69. The van der Waals surface area contributed by atoms with E-state index in [1.54, 1.807) is 65.1 Å². The van der Waals surface area contributed by atoms with Crippen LogP contribution in [0.5, 0.6) is 11.5 Å². The Hall–Kier alpha value is -8.89. The average molecular weight is 1390 g/mol. The van der Waals surface area contributed by atoms with Crippen molar-refractivity contribution in [3.05, 3.63) is 202 Å². The summed E-state index contributed by atoms with van der Waals surface area (Å²) < 4.78 is 127. The molecule has 2 saturated heterocycles. The van der Waals surface area contributed by atoms with E-state index in [1.165, 1.54) is 64.0 Å². The number of hydrogen-bond donors (Lipinski definition) is 5. The number of Topliss-reactive ketones (excluding diaryl/α,β-unsaturated/α-hetero) is 1.